The average molecular weight is 426 g/mol. The van der Waals surface area contributed by atoms with Crippen LogP contribution in [0.4, 0.5) is 5.69 Å². The van der Waals surface area contributed by atoms with Gasteiger partial charge in [0.15, 0.2) is 0 Å². The molecule has 2 atom stereocenters. The van der Waals surface area contributed by atoms with Crippen molar-refractivity contribution in [1.29, 1.82) is 0 Å². The molecule has 1 heterocycles. The third-order valence-electron chi connectivity index (χ3n) is 6.91. The molecule has 3 aromatic rings. The molecule has 1 N–H and O–H groups in total. The van der Waals surface area contributed by atoms with E-state index in [1.54, 1.807) is 12.1 Å². The monoisotopic (exact) mass is 425 g/mol. The molecule has 0 saturated heterocycles. The minimum Gasteiger partial charge on any atom is -0.325 e. The largest absolute Gasteiger partial charge is 0.325 e. The van der Waals surface area contributed by atoms with Crippen LogP contribution in [0.15, 0.2) is 36.4 Å². The lowest BCUT2D eigenvalue weighted by Gasteiger charge is -2.36. The van der Waals surface area contributed by atoms with Gasteiger partial charge < -0.3 is 5.32 Å². The first-order chi connectivity index (χ1) is 13.7. The summed E-state index contributed by atoms with van der Waals surface area (Å²) in [6.45, 7) is 6.34. The Labute approximate surface area is 179 Å². The number of anilines is 1. The maximum atomic E-state index is 13.7. The van der Waals surface area contributed by atoms with Gasteiger partial charge in [0.2, 0.25) is 5.91 Å². The van der Waals surface area contributed by atoms with E-state index >= 15 is 0 Å². The molecule has 4 nitrogen and oxygen atoms in total. The minimum atomic E-state index is -0.718. The van der Waals surface area contributed by atoms with E-state index in [4.69, 9.17) is 33.2 Å². The van der Waals surface area contributed by atoms with Crippen molar-refractivity contribution in [3.63, 3.8) is 0 Å². The Morgan fingerprint density at radius 1 is 1.10 bits per heavy atom. The van der Waals surface area contributed by atoms with Gasteiger partial charge in [-0.25, -0.2) is 9.97 Å². The maximum absolute atomic E-state index is 13.7. The SMILES string of the molecule is Cc1cccc(NC(=O)C23CCC(c4nc5cc(Cl)c(Cl)cc5nc42)C3(C)C)c1. The molecule has 2 bridgehead atoms. The van der Waals surface area contributed by atoms with E-state index in [9.17, 15) is 4.79 Å². The number of carbonyl (C=O) groups excluding carboxylic acids is 1. The molecule has 1 saturated carbocycles. The van der Waals surface area contributed by atoms with E-state index in [0.717, 1.165) is 41.0 Å². The van der Waals surface area contributed by atoms with Crippen LogP contribution in [0, 0.1) is 12.3 Å². The van der Waals surface area contributed by atoms with Crippen LogP contribution in [0.2, 0.25) is 10.0 Å². The molecule has 0 spiro atoms. The van der Waals surface area contributed by atoms with Crippen LogP contribution >= 0.6 is 23.2 Å². The van der Waals surface area contributed by atoms with Crippen molar-refractivity contribution in [1.82, 2.24) is 9.97 Å². The number of benzene rings is 2. The van der Waals surface area contributed by atoms with Crippen LogP contribution < -0.4 is 5.32 Å². The lowest BCUT2D eigenvalue weighted by atomic mass is 9.67. The molecule has 1 amide bonds. The van der Waals surface area contributed by atoms with Crippen LogP contribution in [-0.2, 0) is 10.2 Å². The van der Waals surface area contributed by atoms with Gasteiger partial charge in [0.25, 0.3) is 0 Å². The van der Waals surface area contributed by atoms with Crippen molar-refractivity contribution in [2.24, 2.45) is 5.41 Å². The van der Waals surface area contributed by atoms with E-state index in [-0.39, 0.29) is 17.2 Å². The zero-order chi connectivity index (χ0) is 20.6. The summed E-state index contributed by atoms with van der Waals surface area (Å²) in [4.78, 5) is 23.5. The van der Waals surface area contributed by atoms with E-state index < -0.39 is 5.41 Å². The Balaban J connectivity index is 1.67. The molecular weight excluding hydrogens is 405 g/mol. The van der Waals surface area contributed by atoms with E-state index in [0.29, 0.717) is 15.6 Å². The lowest BCUT2D eigenvalue weighted by molar-refractivity contribution is -0.124. The predicted octanol–water partition coefficient (Wildman–Crippen LogP) is 6.04. The number of nitrogens with zero attached hydrogens (tertiary/aromatic N) is 2. The molecule has 2 aliphatic rings. The van der Waals surface area contributed by atoms with Gasteiger partial charge in [-0.15, -0.1) is 0 Å². The van der Waals surface area contributed by atoms with Gasteiger partial charge in [0.1, 0.15) is 0 Å². The molecule has 0 radical (unpaired) electrons. The number of nitrogens with one attached hydrogen (secondary N) is 1. The highest BCUT2D eigenvalue weighted by molar-refractivity contribution is 6.42. The Kier molecular flexibility index (Phi) is 4.00. The summed E-state index contributed by atoms with van der Waals surface area (Å²) in [5, 5.41) is 4.05. The molecule has 2 unspecified atom stereocenters. The molecule has 1 fully saturated rings. The van der Waals surface area contributed by atoms with Crippen LogP contribution in [0.3, 0.4) is 0 Å². The van der Waals surface area contributed by atoms with Gasteiger partial charge >= 0.3 is 0 Å². The average Bonchev–Trinajstić information content (AvgIpc) is 3.03. The van der Waals surface area contributed by atoms with E-state index in [2.05, 4.69) is 19.2 Å². The molecule has 0 aliphatic heterocycles. The van der Waals surface area contributed by atoms with Crippen LogP contribution in [0.1, 0.15) is 49.6 Å². The van der Waals surface area contributed by atoms with Gasteiger partial charge in [-0.2, -0.15) is 0 Å². The Morgan fingerprint density at radius 2 is 1.79 bits per heavy atom. The number of hydrogen-bond acceptors (Lipinski definition) is 3. The number of aromatic nitrogens is 2. The smallest absolute Gasteiger partial charge is 0.237 e. The van der Waals surface area contributed by atoms with Crippen molar-refractivity contribution in [3.8, 4) is 0 Å². The molecule has 29 heavy (non-hydrogen) atoms. The van der Waals surface area contributed by atoms with Crippen molar-refractivity contribution >= 4 is 45.8 Å². The third kappa shape index (κ3) is 2.48. The summed E-state index contributed by atoms with van der Waals surface area (Å²) >= 11 is 12.4. The van der Waals surface area contributed by atoms with Gasteiger partial charge in [-0.3, -0.25) is 4.79 Å². The summed E-state index contributed by atoms with van der Waals surface area (Å²) in [7, 11) is 0. The molecular formula is C23H21Cl2N3O. The highest BCUT2D eigenvalue weighted by atomic mass is 35.5. The second-order valence-electron chi connectivity index (χ2n) is 8.75. The van der Waals surface area contributed by atoms with Crippen molar-refractivity contribution in [2.75, 3.05) is 5.32 Å². The number of halogens is 2. The summed E-state index contributed by atoms with van der Waals surface area (Å²) < 4.78 is 0. The van der Waals surface area contributed by atoms with Crippen molar-refractivity contribution in [2.45, 2.75) is 44.9 Å². The number of aryl methyl sites for hydroxylation is 1. The van der Waals surface area contributed by atoms with Gasteiger partial charge in [0.05, 0.1) is 37.9 Å². The maximum Gasteiger partial charge on any atom is 0.237 e. The normalized spacial score (nSPS) is 24.0. The zero-order valence-electron chi connectivity index (χ0n) is 16.5. The second kappa shape index (κ2) is 6.16. The molecule has 2 aliphatic carbocycles. The third-order valence-corrected chi connectivity index (χ3v) is 7.63. The summed E-state index contributed by atoms with van der Waals surface area (Å²) in [6.07, 6.45) is 1.68. The number of amides is 1. The van der Waals surface area contributed by atoms with Crippen LogP contribution in [-0.4, -0.2) is 15.9 Å². The molecule has 2 aromatic carbocycles. The van der Waals surface area contributed by atoms with Gasteiger partial charge in [-0.1, -0.05) is 49.2 Å². The Hall–Kier alpha value is -2.17. The summed E-state index contributed by atoms with van der Waals surface area (Å²) in [5.74, 6) is 0.176. The highest BCUT2D eigenvalue weighted by Gasteiger charge is 2.67. The standard InChI is InChI=1S/C23H21Cl2N3O/c1-12-5-4-6-13(9-12)26-21(29)23-8-7-14(22(23,2)3)19-20(23)28-18-11-16(25)15(24)10-17(18)27-19/h4-6,9-11,14H,7-8H2,1-3H3,(H,26,29). The van der Waals surface area contributed by atoms with Gasteiger partial charge in [0, 0.05) is 11.6 Å². The minimum absolute atomic E-state index is 0.0111. The first-order valence-electron chi connectivity index (χ1n) is 9.79. The first kappa shape index (κ1) is 18.8. The van der Waals surface area contributed by atoms with Crippen LogP contribution in [0.5, 0.6) is 0 Å². The fourth-order valence-corrected chi connectivity index (χ4v) is 5.66. The molecule has 1 aromatic heterocycles. The quantitative estimate of drug-likeness (QED) is 0.544. The Bertz CT molecular complexity index is 1190. The second-order valence-corrected chi connectivity index (χ2v) is 9.57. The highest BCUT2D eigenvalue weighted by Crippen LogP contribution is 2.67. The summed E-state index contributed by atoms with van der Waals surface area (Å²) in [6, 6.07) is 11.4. The van der Waals surface area contributed by atoms with Crippen LogP contribution in [0.25, 0.3) is 11.0 Å². The van der Waals surface area contributed by atoms with E-state index in [1.165, 1.54) is 0 Å². The molecule has 5 rings (SSSR count). The van der Waals surface area contributed by atoms with Crippen molar-refractivity contribution < 1.29 is 4.79 Å². The number of rotatable bonds is 2. The fourth-order valence-electron chi connectivity index (χ4n) is 5.34. The fraction of sp³-hybridized carbons (Fsp3) is 0.348. The van der Waals surface area contributed by atoms with Gasteiger partial charge in [-0.05, 0) is 55.0 Å². The molecule has 6 heteroatoms. The number of hydrogen-bond donors (Lipinski definition) is 1. The van der Waals surface area contributed by atoms with E-state index in [1.807, 2.05) is 31.2 Å². The Morgan fingerprint density at radius 3 is 2.48 bits per heavy atom. The number of carbonyl (C=O) groups is 1. The topological polar surface area (TPSA) is 54.9 Å². The lowest BCUT2D eigenvalue weighted by Crippen LogP contribution is -2.46. The summed E-state index contributed by atoms with van der Waals surface area (Å²) in [5.41, 5.74) is 4.01. The molecule has 148 valence electrons. The predicted molar refractivity (Wildman–Crippen MR) is 117 cm³/mol. The first-order valence-corrected chi connectivity index (χ1v) is 10.5. The zero-order valence-corrected chi connectivity index (χ0v) is 18.0. The van der Waals surface area contributed by atoms with Crippen molar-refractivity contribution in [3.05, 3.63) is 63.4 Å². The number of fused-ring (bicyclic) bond motifs is 6.